The van der Waals surface area contributed by atoms with Gasteiger partial charge in [0.25, 0.3) is 5.91 Å². The zero-order valence-electron chi connectivity index (χ0n) is 13.0. The van der Waals surface area contributed by atoms with Crippen molar-refractivity contribution in [1.82, 2.24) is 9.88 Å². The summed E-state index contributed by atoms with van der Waals surface area (Å²) in [6.45, 7) is 6.38. The van der Waals surface area contributed by atoms with Gasteiger partial charge in [0.1, 0.15) is 0 Å². The molecule has 1 heterocycles. The van der Waals surface area contributed by atoms with E-state index in [0.29, 0.717) is 6.10 Å². The van der Waals surface area contributed by atoms with Gasteiger partial charge in [0.15, 0.2) is 0 Å². The maximum atomic E-state index is 12.2. The Hall–Kier alpha value is -1.29. The SMILES string of the molecule is COC1CCC(NC(=O)c2ccn(C(C)(C)C)c2)CC1. The monoisotopic (exact) mass is 278 g/mol. The lowest BCUT2D eigenvalue weighted by atomic mass is 9.93. The van der Waals surface area contributed by atoms with E-state index in [0.717, 1.165) is 31.2 Å². The zero-order valence-corrected chi connectivity index (χ0v) is 13.0. The lowest BCUT2D eigenvalue weighted by Crippen LogP contribution is -2.38. The van der Waals surface area contributed by atoms with Gasteiger partial charge in [0.05, 0.1) is 11.7 Å². The first-order valence-electron chi connectivity index (χ1n) is 7.42. The summed E-state index contributed by atoms with van der Waals surface area (Å²) in [7, 11) is 1.76. The van der Waals surface area contributed by atoms with Crippen LogP contribution in [0.1, 0.15) is 56.8 Å². The normalized spacial score (nSPS) is 23.6. The van der Waals surface area contributed by atoms with Gasteiger partial charge in [-0.2, -0.15) is 0 Å². The molecule has 0 aromatic carbocycles. The van der Waals surface area contributed by atoms with Gasteiger partial charge >= 0.3 is 0 Å². The molecule has 2 rings (SSSR count). The molecule has 0 unspecified atom stereocenters. The first kappa shape index (κ1) is 15.1. The fourth-order valence-corrected chi connectivity index (χ4v) is 2.66. The topological polar surface area (TPSA) is 43.3 Å². The summed E-state index contributed by atoms with van der Waals surface area (Å²) >= 11 is 0. The van der Waals surface area contributed by atoms with Crippen molar-refractivity contribution < 1.29 is 9.53 Å². The molecule has 1 saturated carbocycles. The molecule has 0 bridgehead atoms. The predicted molar refractivity (Wildman–Crippen MR) is 79.9 cm³/mol. The zero-order chi connectivity index (χ0) is 14.8. The van der Waals surface area contributed by atoms with E-state index >= 15 is 0 Å². The number of methoxy groups -OCH3 is 1. The second-order valence-electron chi connectivity index (χ2n) is 6.66. The highest BCUT2D eigenvalue weighted by molar-refractivity contribution is 5.94. The van der Waals surface area contributed by atoms with Gasteiger partial charge in [-0.15, -0.1) is 0 Å². The van der Waals surface area contributed by atoms with E-state index in [2.05, 4.69) is 30.7 Å². The first-order chi connectivity index (χ1) is 9.40. The fourth-order valence-electron chi connectivity index (χ4n) is 2.66. The molecule has 112 valence electrons. The van der Waals surface area contributed by atoms with Crippen LogP contribution in [0.5, 0.6) is 0 Å². The Morgan fingerprint density at radius 2 is 1.95 bits per heavy atom. The molecule has 1 fully saturated rings. The van der Waals surface area contributed by atoms with Crippen LogP contribution in [0.25, 0.3) is 0 Å². The van der Waals surface area contributed by atoms with Crippen LogP contribution in [-0.4, -0.2) is 29.7 Å². The molecule has 0 saturated heterocycles. The van der Waals surface area contributed by atoms with Crippen LogP contribution < -0.4 is 5.32 Å². The molecule has 0 spiro atoms. The molecule has 1 aromatic rings. The Bertz CT molecular complexity index is 451. The average Bonchev–Trinajstić information content (AvgIpc) is 2.89. The van der Waals surface area contributed by atoms with Crippen LogP contribution in [0.15, 0.2) is 18.5 Å². The van der Waals surface area contributed by atoms with Crippen molar-refractivity contribution in [3.05, 3.63) is 24.0 Å². The minimum absolute atomic E-state index is 0.00898. The quantitative estimate of drug-likeness (QED) is 0.924. The number of nitrogens with zero attached hydrogens (tertiary/aromatic N) is 1. The van der Waals surface area contributed by atoms with Gasteiger partial charge in [-0.1, -0.05) is 0 Å². The summed E-state index contributed by atoms with van der Waals surface area (Å²) < 4.78 is 7.43. The van der Waals surface area contributed by atoms with Crippen molar-refractivity contribution in [1.29, 1.82) is 0 Å². The lowest BCUT2D eigenvalue weighted by molar-refractivity contribution is 0.0599. The van der Waals surface area contributed by atoms with Crippen molar-refractivity contribution in [3.8, 4) is 0 Å². The smallest absolute Gasteiger partial charge is 0.253 e. The molecule has 4 heteroatoms. The molecule has 0 radical (unpaired) electrons. The van der Waals surface area contributed by atoms with Gasteiger partial charge in [-0.25, -0.2) is 0 Å². The van der Waals surface area contributed by atoms with Gasteiger partial charge in [-0.05, 0) is 52.5 Å². The Labute approximate surface area is 121 Å². The summed E-state index contributed by atoms with van der Waals surface area (Å²) in [5.41, 5.74) is 0.753. The lowest BCUT2D eigenvalue weighted by Gasteiger charge is -2.28. The Kier molecular flexibility index (Phi) is 4.53. The molecular formula is C16H26N2O2. The van der Waals surface area contributed by atoms with E-state index in [4.69, 9.17) is 4.74 Å². The number of hydrogen-bond acceptors (Lipinski definition) is 2. The largest absolute Gasteiger partial charge is 0.381 e. The van der Waals surface area contributed by atoms with Gasteiger partial charge in [0.2, 0.25) is 0 Å². The van der Waals surface area contributed by atoms with E-state index in [1.807, 2.05) is 18.5 Å². The fraction of sp³-hybridized carbons (Fsp3) is 0.688. The third-order valence-electron chi connectivity index (χ3n) is 4.07. The maximum absolute atomic E-state index is 12.2. The summed E-state index contributed by atoms with van der Waals surface area (Å²) in [5.74, 6) is 0.0360. The molecule has 0 atom stereocenters. The molecule has 1 amide bonds. The van der Waals surface area contributed by atoms with Crippen LogP contribution in [0, 0.1) is 0 Å². The Balaban J connectivity index is 1.91. The molecule has 20 heavy (non-hydrogen) atoms. The molecule has 1 aliphatic carbocycles. The van der Waals surface area contributed by atoms with E-state index in [1.54, 1.807) is 7.11 Å². The van der Waals surface area contributed by atoms with Crippen LogP contribution in [-0.2, 0) is 10.3 Å². The highest BCUT2D eigenvalue weighted by atomic mass is 16.5. The van der Waals surface area contributed by atoms with Gasteiger partial charge in [0, 0.05) is 31.1 Å². The summed E-state index contributed by atoms with van der Waals surface area (Å²) in [6.07, 6.45) is 8.33. The highest BCUT2D eigenvalue weighted by Crippen LogP contribution is 2.21. The number of rotatable bonds is 3. The van der Waals surface area contributed by atoms with E-state index in [1.165, 1.54) is 0 Å². The van der Waals surface area contributed by atoms with Crippen molar-refractivity contribution >= 4 is 5.91 Å². The molecule has 0 aliphatic heterocycles. The van der Waals surface area contributed by atoms with Crippen LogP contribution in [0.3, 0.4) is 0 Å². The summed E-state index contributed by atoms with van der Waals surface area (Å²) in [6, 6.07) is 2.17. The Morgan fingerprint density at radius 3 is 2.45 bits per heavy atom. The van der Waals surface area contributed by atoms with E-state index in [9.17, 15) is 4.79 Å². The van der Waals surface area contributed by atoms with Crippen LogP contribution >= 0.6 is 0 Å². The van der Waals surface area contributed by atoms with Crippen molar-refractivity contribution in [2.24, 2.45) is 0 Å². The number of ether oxygens (including phenoxy) is 1. The minimum Gasteiger partial charge on any atom is -0.381 e. The Morgan fingerprint density at radius 1 is 1.30 bits per heavy atom. The molecule has 1 aliphatic rings. The first-order valence-corrected chi connectivity index (χ1v) is 7.42. The van der Waals surface area contributed by atoms with Crippen molar-refractivity contribution in [2.45, 2.75) is 64.1 Å². The highest BCUT2D eigenvalue weighted by Gasteiger charge is 2.23. The van der Waals surface area contributed by atoms with Crippen molar-refractivity contribution in [2.75, 3.05) is 7.11 Å². The van der Waals surface area contributed by atoms with E-state index < -0.39 is 0 Å². The number of carbonyl (C=O) groups excluding carboxylic acids is 1. The predicted octanol–water partition coefficient (Wildman–Crippen LogP) is 2.93. The number of amides is 1. The van der Waals surface area contributed by atoms with Crippen LogP contribution in [0.4, 0.5) is 0 Å². The minimum atomic E-state index is 0.00898. The van der Waals surface area contributed by atoms with Crippen molar-refractivity contribution in [3.63, 3.8) is 0 Å². The third-order valence-corrected chi connectivity index (χ3v) is 4.07. The molecule has 1 N–H and O–H groups in total. The number of nitrogens with one attached hydrogen (secondary N) is 1. The number of aromatic nitrogens is 1. The second kappa shape index (κ2) is 6.00. The number of carbonyl (C=O) groups is 1. The third kappa shape index (κ3) is 3.63. The van der Waals surface area contributed by atoms with Gasteiger partial charge < -0.3 is 14.6 Å². The number of hydrogen-bond donors (Lipinski definition) is 1. The van der Waals surface area contributed by atoms with Gasteiger partial charge in [-0.3, -0.25) is 4.79 Å². The molecule has 1 aromatic heterocycles. The second-order valence-corrected chi connectivity index (χ2v) is 6.66. The average molecular weight is 278 g/mol. The molecular weight excluding hydrogens is 252 g/mol. The standard InChI is InChI=1S/C16H26N2O2/c1-16(2,3)18-10-9-12(11-18)15(19)17-13-5-7-14(20-4)8-6-13/h9-11,13-14H,5-8H2,1-4H3,(H,17,19). The summed E-state index contributed by atoms with van der Waals surface area (Å²) in [5, 5.41) is 3.14. The van der Waals surface area contributed by atoms with Crippen LogP contribution in [0.2, 0.25) is 0 Å². The maximum Gasteiger partial charge on any atom is 0.253 e. The summed E-state index contributed by atoms with van der Waals surface area (Å²) in [4.78, 5) is 12.2. The van der Waals surface area contributed by atoms with E-state index in [-0.39, 0.29) is 17.5 Å². The molecule has 4 nitrogen and oxygen atoms in total.